The average Bonchev–Trinajstić information content (AvgIpc) is 3.41. The molecule has 68 heavy (non-hydrogen) atoms. The monoisotopic (exact) mass is 888 g/mol. The molecule has 0 saturated carbocycles. The smallest absolute Gasteiger partial charge is 0.305 e. The third-order valence-corrected chi connectivity index (χ3v) is 12.3. The van der Waals surface area contributed by atoms with Gasteiger partial charge in [0.1, 0.15) is 0 Å². The number of benzene rings is 9. The second-order valence-electron chi connectivity index (χ2n) is 16.7. The molecule has 0 spiro atoms. The van der Waals surface area contributed by atoms with E-state index < -0.39 is 0 Å². The lowest BCUT2D eigenvalue weighted by Gasteiger charge is -2.26. The number of ether oxygens (including phenoxy) is 2. The summed E-state index contributed by atoms with van der Waals surface area (Å²) in [5.74, 6) is -0.421. The Morgan fingerprint density at radius 1 is 0.294 bits per heavy atom. The van der Waals surface area contributed by atoms with E-state index in [4.69, 9.17) is 9.47 Å². The number of hydrogen-bond acceptors (Lipinski definition) is 6. The van der Waals surface area contributed by atoms with Crippen LogP contribution in [0.15, 0.2) is 231 Å². The van der Waals surface area contributed by atoms with Gasteiger partial charge < -0.3 is 19.3 Å². The summed E-state index contributed by atoms with van der Waals surface area (Å²) in [6.07, 6.45) is 1.94. The van der Waals surface area contributed by atoms with E-state index in [1.54, 1.807) is 0 Å². The highest BCUT2D eigenvalue weighted by Gasteiger charge is 2.16. The molecule has 0 N–H and O–H groups in total. The number of nitrogens with zero attached hydrogens (tertiary/aromatic N) is 2. The molecule has 6 heteroatoms. The predicted octanol–water partition coefficient (Wildman–Crippen LogP) is 15.5. The van der Waals surface area contributed by atoms with Gasteiger partial charge in [0.2, 0.25) is 0 Å². The van der Waals surface area contributed by atoms with Crippen LogP contribution >= 0.6 is 0 Å². The minimum absolute atomic E-state index is 0.211. The minimum Gasteiger partial charge on any atom is -0.469 e. The quantitative estimate of drug-likeness (QED) is 0.0901. The Kier molecular flexibility index (Phi) is 14.0. The molecule has 0 aliphatic rings. The Hall–Kier alpha value is -8.48. The van der Waals surface area contributed by atoms with Crippen molar-refractivity contribution in [1.29, 1.82) is 0 Å². The molecular formula is C62H52N2O4. The molecule has 0 heterocycles. The van der Waals surface area contributed by atoms with Crippen molar-refractivity contribution in [3.63, 3.8) is 0 Å². The molecule has 0 atom stereocenters. The summed E-state index contributed by atoms with van der Waals surface area (Å²) < 4.78 is 9.73. The van der Waals surface area contributed by atoms with E-state index in [-0.39, 0.29) is 11.9 Å². The third-order valence-electron chi connectivity index (χ3n) is 12.3. The molecule has 0 amide bonds. The minimum atomic E-state index is -0.211. The Bertz CT molecular complexity index is 2830. The molecule has 9 rings (SSSR count). The number of esters is 2. The number of methoxy groups -OCH3 is 2. The molecule has 0 aliphatic carbocycles. The van der Waals surface area contributed by atoms with Gasteiger partial charge in [-0.3, -0.25) is 9.59 Å². The number of rotatable bonds is 16. The Morgan fingerprint density at radius 3 is 0.735 bits per heavy atom. The van der Waals surface area contributed by atoms with Crippen LogP contribution in [0.1, 0.15) is 24.0 Å². The van der Waals surface area contributed by atoms with Gasteiger partial charge in [-0.25, -0.2) is 0 Å². The summed E-state index contributed by atoms with van der Waals surface area (Å²) in [6.45, 7) is 0. The lowest BCUT2D eigenvalue weighted by atomic mass is 9.99. The fraction of sp³-hybridized carbons (Fsp3) is 0.0968. The van der Waals surface area contributed by atoms with Gasteiger partial charge in [-0.15, -0.1) is 0 Å². The molecule has 0 saturated heterocycles. The van der Waals surface area contributed by atoms with Crippen LogP contribution in [0.5, 0.6) is 0 Å². The van der Waals surface area contributed by atoms with E-state index in [1.165, 1.54) is 25.3 Å². The van der Waals surface area contributed by atoms with Gasteiger partial charge in [-0.1, -0.05) is 158 Å². The zero-order valence-corrected chi connectivity index (χ0v) is 38.3. The van der Waals surface area contributed by atoms with E-state index in [9.17, 15) is 9.59 Å². The van der Waals surface area contributed by atoms with Crippen molar-refractivity contribution in [2.45, 2.75) is 25.7 Å². The van der Waals surface area contributed by atoms with Gasteiger partial charge >= 0.3 is 11.9 Å². The average molecular weight is 889 g/mol. The first-order valence-electron chi connectivity index (χ1n) is 23.0. The SMILES string of the molecule is COC(=O)CCc1ccc(N(c2ccc(-c3ccccc3)cc2)c2ccc(-c3ccc(-c4ccc(N(c5ccc(CCC(=O)OC)cc5)c5ccc(-c6ccccc6)cc5)cc4)cc3)cc2)cc1. The molecule has 9 aromatic carbocycles. The maximum absolute atomic E-state index is 11.8. The second kappa shape index (κ2) is 21.2. The number of anilines is 6. The molecule has 0 unspecified atom stereocenters. The summed E-state index contributed by atoms with van der Waals surface area (Å²) in [4.78, 5) is 28.2. The summed E-state index contributed by atoms with van der Waals surface area (Å²) in [7, 11) is 2.85. The van der Waals surface area contributed by atoms with Crippen LogP contribution in [-0.4, -0.2) is 26.2 Å². The topological polar surface area (TPSA) is 59.1 Å². The third kappa shape index (κ3) is 10.6. The van der Waals surface area contributed by atoms with Gasteiger partial charge in [0.15, 0.2) is 0 Å². The summed E-state index contributed by atoms with van der Waals surface area (Å²) in [5.41, 5.74) is 17.6. The van der Waals surface area contributed by atoms with Crippen molar-refractivity contribution in [2.75, 3.05) is 24.0 Å². The molecule has 0 aliphatic heterocycles. The lowest BCUT2D eigenvalue weighted by molar-refractivity contribution is -0.141. The first-order chi connectivity index (χ1) is 33.4. The van der Waals surface area contributed by atoms with Crippen molar-refractivity contribution in [3.8, 4) is 44.5 Å². The van der Waals surface area contributed by atoms with Crippen LogP contribution in [0.4, 0.5) is 34.1 Å². The molecule has 0 bridgehead atoms. The van der Waals surface area contributed by atoms with Crippen molar-refractivity contribution < 1.29 is 19.1 Å². The fourth-order valence-corrected chi connectivity index (χ4v) is 8.54. The maximum Gasteiger partial charge on any atom is 0.305 e. The Balaban J connectivity index is 0.948. The maximum atomic E-state index is 11.8. The van der Waals surface area contributed by atoms with Crippen LogP contribution < -0.4 is 9.80 Å². The molecule has 0 aromatic heterocycles. The summed E-state index contributed by atoms with van der Waals surface area (Å²) in [5, 5.41) is 0. The van der Waals surface area contributed by atoms with Gasteiger partial charge in [-0.05, 0) is 141 Å². The summed E-state index contributed by atoms with van der Waals surface area (Å²) in [6, 6.07) is 81.2. The van der Waals surface area contributed by atoms with Crippen LogP contribution in [0.2, 0.25) is 0 Å². The van der Waals surface area contributed by atoms with Crippen molar-refractivity contribution >= 4 is 46.1 Å². The molecule has 9 aromatic rings. The number of carbonyl (C=O) groups excluding carboxylic acids is 2. The highest BCUT2D eigenvalue weighted by atomic mass is 16.5. The van der Waals surface area contributed by atoms with Crippen LogP contribution in [0.25, 0.3) is 44.5 Å². The van der Waals surface area contributed by atoms with Gasteiger partial charge in [-0.2, -0.15) is 0 Å². The zero-order chi connectivity index (χ0) is 46.7. The highest BCUT2D eigenvalue weighted by molar-refractivity contribution is 5.82. The standard InChI is InChI=1S/C62H52N2O4/c1-67-61(65)43-17-45-13-31-55(32-14-45)63(57-35-23-51(24-36-57)47-9-5-3-6-10-47)59-39-27-53(28-40-59)49-19-21-50(22-20-49)54-29-41-60(42-30-54)64(56-33-15-46(16-34-56)18-44-62(66)68-2)58-37-25-52(26-38-58)48-11-7-4-8-12-48/h3-16,19-42H,17-18,43-44H2,1-2H3. The number of aryl methyl sites for hydroxylation is 2. The first kappa shape index (κ1) is 44.7. The normalized spacial score (nSPS) is 10.9. The van der Waals surface area contributed by atoms with E-state index in [0.29, 0.717) is 25.7 Å². The van der Waals surface area contributed by atoms with Gasteiger partial charge in [0.05, 0.1) is 14.2 Å². The van der Waals surface area contributed by atoms with Crippen LogP contribution in [0, 0.1) is 0 Å². The fourth-order valence-electron chi connectivity index (χ4n) is 8.54. The van der Waals surface area contributed by atoms with Crippen molar-refractivity contribution in [3.05, 3.63) is 242 Å². The van der Waals surface area contributed by atoms with Gasteiger partial charge in [0.25, 0.3) is 0 Å². The molecule has 334 valence electrons. The van der Waals surface area contributed by atoms with E-state index in [2.05, 4.69) is 228 Å². The van der Waals surface area contributed by atoms with Crippen molar-refractivity contribution in [1.82, 2.24) is 0 Å². The van der Waals surface area contributed by atoms with Crippen LogP contribution in [-0.2, 0) is 31.9 Å². The predicted molar refractivity (Wildman–Crippen MR) is 278 cm³/mol. The Labute approximate surface area is 399 Å². The van der Waals surface area contributed by atoms with E-state index >= 15 is 0 Å². The van der Waals surface area contributed by atoms with Crippen LogP contribution in [0.3, 0.4) is 0 Å². The second-order valence-corrected chi connectivity index (χ2v) is 16.7. The lowest BCUT2D eigenvalue weighted by Crippen LogP contribution is -2.10. The Morgan fingerprint density at radius 2 is 0.500 bits per heavy atom. The highest BCUT2D eigenvalue weighted by Crippen LogP contribution is 2.39. The van der Waals surface area contributed by atoms with E-state index in [0.717, 1.165) is 78.6 Å². The summed E-state index contributed by atoms with van der Waals surface area (Å²) >= 11 is 0. The largest absolute Gasteiger partial charge is 0.469 e. The molecule has 0 fully saturated rings. The number of hydrogen-bond donors (Lipinski definition) is 0. The molecular weight excluding hydrogens is 837 g/mol. The first-order valence-corrected chi connectivity index (χ1v) is 23.0. The zero-order valence-electron chi connectivity index (χ0n) is 38.3. The van der Waals surface area contributed by atoms with Gasteiger partial charge in [0, 0.05) is 47.0 Å². The molecule has 0 radical (unpaired) electrons. The van der Waals surface area contributed by atoms with E-state index in [1.807, 2.05) is 12.1 Å². The molecule has 6 nitrogen and oxygen atoms in total. The van der Waals surface area contributed by atoms with Crippen molar-refractivity contribution in [2.24, 2.45) is 0 Å². The number of carbonyl (C=O) groups is 2.